The quantitative estimate of drug-likeness (QED) is 0.620. The highest BCUT2D eigenvalue weighted by molar-refractivity contribution is 5.77. The molecule has 0 saturated carbocycles. The van der Waals surface area contributed by atoms with Crippen LogP contribution in [0.15, 0.2) is 0 Å². The first-order valence-electron chi connectivity index (χ1n) is 4.02. The molecule has 0 aromatic carbocycles. The maximum atomic E-state index is 11.0. The van der Waals surface area contributed by atoms with Gasteiger partial charge in [-0.2, -0.15) is 0 Å². The molecule has 0 spiro atoms. The van der Waals surface area contributed by atoms with Crippen LogP contribution in [0.2, 0.25) is 0 Å². The molecule has 0 aromatic rings. The van der Waals surface area contributed by atoms with Crippen molar-refractivity contribution in [3.05, 3.63) is 0 Å². The number of rotatable bonds is 2. The van der Waals surface area contributed by atoms with E-state index in [1.165, 1.54) is 6.42 Å². The summed E-state index contributed by atoms with van der Waals surface area (Å²) in [6.45, 7) is 5.93. The summed E-state index contributed by atoms with van der Waals surface area (Å²) in [5.74, 6) is 0.109. The average Bonchev–Trinajstić information content (AvgIpc) is 1.98. The van der Waals surface area contributed by atoms with Crippen molar-refractivity contribution in [2.75, 3.05) is 20.1 Å². The molecule has 3 nitrogen and oxygen atoms in total. The molecule has 0 bridgehead atoms. The molecule has 1 rings (SSSR count). The van der Waals surface area contributed by atoms with Crippen molar-refractivity contribution in [3.63, 3.8) is 0 Å². The van der Waals surface area contributed by atoms with E-state index in [9.17, 15) is 4.79 Å². The normalized spacial score (nSPS) is 22.5. The summed E-state index contributed by atoms with van der Waals surface area (Å²) in [6, 6.07) is 0. The standard InChI is InChI=1S/C8H16N2O/c1-8(2)4-5-10(8)6-7(11)9-3/h4-6H2,1-3H3,(H,9,11). The van der Waals surface area contributed by atoms with Crippen LogP contribution in [0.4, 0.5) is 0 Å². The molecular weight excluding hydrogens is 140 g/mol. The van der Waals surface area contributed by atoms with E-state index in [4.69, 9.17) is 0 Å². The van der Waals surface area contributed by atoms with Gasteiger partial charge in [0.15, 0.2) is 0 Å². The van der Waals surface area contributed by atoms with E-state index in [1.807, 2.05) is 0 Å². The van der Waals surface area contributed by atoms with Crippen molar-refractivity contribution in [2.24, 2.45) is 0 Å². The van der Waals surface area contributed by atoms with E-state index in [0.29, 0.717) is 6.54 Å². The van der Waals surface area contributed by atoms with Crippen LogP contribution in [0.3, 0.4) is 0 Å². The maximum Gasteiger partial charge on any atom is 0.233 e. The van der Waals surface area contributed by atoms with Crippen molar-refractivity contribution in [1.82, 2.24) is 10.2 Å². The topological polar surface area (TPSA) is 32.3 Å². The summed E-state index contributed by atoms with van der Waals surface area (Å²) in [5, 5.41) is 2.62. The largest absolute Gasteiger partial charge is 0.358 e. The lowest BCUT2D eigenvalue weighted by atomic mass is 9.89. The summed E-state index contributed by atoms with van der Waals surface area (Å²) in [5.41, 5.74) is 0.243. The Hall–Kier alpha value is -0.570. The average molecular weight is 156 g/mol. The van der Waals surface area contributed by atoms with Gasteiger partial charge in [0.1, 0.15) is 0 Å². The molecule has 64 valence electrons. The van der Waals surface area contributed by atoms with E-state index >= 15 is 0 Å². The number of likely N-dealkylation sites (tertiary alicyclic amines) is 1. The van der Waals surface area contributed by atoms with E-state index in [1.54, 1.807) is 7.05 Å². The monoisotopic (exact) mass is 156 g/mol. The number of amides is 1. The summed E-state index contributed by atoms with van der Waals surface area (Å²) in [7, 11) is 1.68. The van der Waals surface area contributed by atoms with Gasteiger partial charge in [0, 0.05) is 19.1 Å². The highest BCUT2D eigenvalue weighted by Crippen LogP contribution is 2.28. The first kappa shape index (κ1) is 8.53. The van der Waals surface area contributed by atoms with Gasteiger partial charge in [-0.3, -0.25) is 9.69 Å². The zero-order chi connectivity index (χ0) is 8.48. The van der Waals surface area contributed by atoms with E-state index in [0.717, 1.165) is 6.54 Å². The molecule has 11 heavy (non-hydrogen) atoms. The highest BCUT2D eigenvalue weighted by Gasteiger charge is 2.36. The van der Waals surface area contributed by atoms with Gasteiger partial charge in [0.05, 0.1) is 6.54 Å². The minimum atomic E-state index is 0.109. The van der Waals surface area contributed by atoms with E-state index < -0.39 is 0 Å². The number of hydrogen-bond acceptors (Lipinski definition) is 2. The molecule has 1 fully saturated rings. The van der Waals surface area contributed by atoms with Gasteiger partial charge in [-0.05, 0) is 20.3 Å². The van der Waals surface area contributed by atoms with Gasteiger partial charge in [0.25, 0.3) is 0 Å². The Bertz CT molecular complexity index is 165. The Labute approximate surface area is 67.8 Å². The van der Waals surface area contributed by atoms with Gasteiger partial charge in [-0.25, -0.2) is 0 Å². The van der Waals surface area contributed by atoms with Crippen LogP contribution >= 0.6 is 0 Å². The molecular formula is C8H16N2O. The fourth-order valence-electron chi connectivity index (χ4n) is 1.26. The van der Waals surface area contributed by atoms with Crippen molar-refractivity contribution >= 4 is 5.91 Å². The summed E-state index contributed by atoms with van der Waals surface area (Å²) in [6.07, 6.45) is 1.20. The Morgan fingerprint density at radius 2 is 2.27 bits per heavy atom. The summed E-state index contributed by atoms with van der Waals surface area (Å²) >= 11 is 0. The molecule has 0 atom stereocenters. The Morgan fingerprint density at radius 1 is 1.64 bits per heavy atom. The number of nitrogens with zero attached hydrogens (tertiary/aromatic N) is 1. The van der Waals surface area contributed by atoms with Gasteiger partial charge in [-0.15, -0.1) is 0 Å². The fraction of sp³-hybridized carbons (Fsp3) is 0.875. The molecule has 1 heterocycles. The molecule has 1 amide bonds. The molecule has 1 saturated heterocycles. The second kappa shape index (κ2) is 2.81. The van der Waals surface area contributed by atoms with Gasteiger partial charge >= 0.3 is 0 Å². The first-order valence-corrected chi connectivity index (χ1v) is 4.02. The van der Waals surface area contributed by atoms with Crippen molar-refractivity contribution in [2.45, 2.75) is 25.8 Å². The third kappa shape index (κ3) is 1.71. The highest BCUT2D eigenvalue weighted by atomic mass is 16.1. The molecule has 0 aromatic heterocycles. The molecule has 0 radical (unpaired) electrons. The number of nitrogens with one attached hydrogen (secondary N) is 1. The van der Waals surface area contributed by atoms with Crippen LogP contribution in [0.5, 0.6) is 0 Å². The number of carbonyl (C=O) groups excluding carboxylic acids is 1. The minimum absolute atomic E-state index is 0.109. The Morgan fingerprint density at radius 3 is 2.55 bits per heavy atom. The maximum absolute atomic E-state index is 11.0. The van der Waals surface area contributed by atoms with Crippen LogP contribution in [-0.4, -0.2) is 36.5 Å². The third-order valence-corrected chi connectivity index (χ3v) is 2.46. The van der Waals surface area contributed by atoms with Gasteiger partial charge in [-0.1, -0.05) is 0 Å². The molecule has 1 aliphatic rings. The lowest BCUT2D eigenvalue weighted by Crippen LogP contribution is -2.58. The number of hydrogen-bond donors (Lipinski definition) is 1. The predicted molar refractivity (Wildman–Crippen MR) is 44.3 cm³/mol. The Balaban J connectivity index is 2.34. The third-order valence-electron chi connectivity index (χ3n) is 2.46. The predicted octanol–water partition coefficient (Wildman–Crippen LogP) is 0.217. The fourth-order valence-corrected chi connectivity index (χ4v) is 1.26. The first-order chi connectivity index (χ1) is 5.06. The minimum Gasteiger partial charge on any atom is -0.358 e. The molecule has 0 unspecified atom stereocenters. The summed E-state index contributed by atoms with van der Waals surface area (Å²) in [4.78, 5) is 13.1. The van der Waals surface area contributed by atoms with Crippen LogP contribution < -0.4 is 5.32 Å². The molecule has 0 aliphatic carbocycles. The smallest absolute Gasteiger partial charge is 0.233 e. The molecule has 3 heteroatoms. The SMILES string of the molecule is CNC(=O)CN1CCC1(C)C. The van der Waals surface area contributed by atoms with Crippen LogP contribution in [0.25, 0.3) is 0 Å². The van der Waals surface area contributed by atoms with Crippen molar-refractivity contribution in [3.8, 4) is 0 Å². The zero-order valence-corrected chi connectivity index (χ0v) is 7.48. The lowest BCUT2D eigenvalue weighted by Gasteiger charge is -2.48. The number of likely N-dealkylation sites (N-methyl/N-ethyl adjacent to an activating group) is 1. The van der Waals surface area contributed by atoms with E-state index in [2.05, 4.69) is 24.1 Å². The van der Waals surface area contributed by atoms with Gasteiger partial charge in [0.2, 0.25) is 5.91 Å². The van der Waals surface area contributed by atoms with Crippen molar-refractivity contribution in [1.29, 1.82) is 0 Å². The molecule has 1 aliphatic heterocycles. The summed E-state index contributed by atoms with van der Waals surface area (Å²) < 4.78 is 0. The second-order valence-corrected chi connectivity index (χ2v) is 3.66. The number of carbonyl (C=O) groups is 1. The van der Waals surface area contributed by atoms with Crippen molar-refractivity contribution < 1.29 is 4.79 Å². The van der Waals surface area contributed by atoms with Crippen LogP contribution in [0, 0.1) is 0 Å². The van der Waals surface area contributed by atoms with E-state index in [-0.39, 0.29) is 11.4 Å². The van der Waals surface area contributed by atoms with Crippen LogP contribution in [0.1, 0.15) is 20.3 Å². The Kier molecular flexibility index (Phi) is 2.18. The van der Waals surface area contributed by atoms with Crippen LogP contribution in [-0.2, 0) is 4.79 Å². The second-order valence-electron chi connectivity index (χ2n) is 3.66. The zero-order valence-electron chi connectivity index (χ0n) is 7.48. The van der Waals surface area contributed by atoms with Gasteiger partial charge < -0.3 is 5.32 Å². The molecule has 1 N–H and O–H groups in total. The lowest BCUT2D eigenvalue weighted by molar-refractivity contribution is -0.125.